The molecule has 14 heavy (non-hydrogen) atoms. The number of carboxylic acid groups (broad SMARTS) is 1. The van der Waals surface area contributed by atoms with Gasteiger partial charge in [0.1, 0.15) is 0 Å². The Morgan fingerprint density at radius 1 is 1.57 bits per heavy atom. The van der Waals surface area contributed by atoms with Crippen molar-refractivity contribution in [2.75, 3.05) is 0 Å². The van der Waals surface area contributed by atoms with E-state index in [4.69, 9.17) is 16.7 Å². The summed E-state index contributed by atoms with van der Waals surface area (Å²) in [4.78, 5) is 15.0. The molecular formula is C10H12ClNO2. The van der Waals surface area contributed by atoms with Crippen molar-refractivity contribution in [3.05, 3.63) is 28.0 Å². The van der Waals surface area contributed by atoms with Crippen LogP contribution in [0.3, 0.4) is 0 Å². The third-order valence-electron chi connectivity index (χ3n) is 2.06. The van der Waals surface area contributed by atoms with Gasteiger partial charge in [0.25, 0.3) is 0 Å². The van der Waals surface area contributed by atoms with Gasteiger partial charge in [-0.05, 0) is 18.4 Å². The van der Waals surface area contributed by atoms with E-state index in [9.17, 15) is 4.79 Å². The smallest absolute Gasteiger partial charge is 0.337 e. The minimum atomic E-state index is -0.996. The lowest BCUT2D eigenvalue weighted by Gasteiger charge is -2.11. The fraction of sp³-hybridized carbons (Fsp3) is 0.400. The van der Waals surface area contributed by atoms with Gasteiger partial charge in [0.15, 0.2) is 0 Å². The molecule has 3 nitrogen and oxygen atoms in total. The highest BCUT2D eigenvalue weighted by Gasteiger charge is 2.18. The molecule has 0 aliphatic carbocycles. The SMILES string of the molecule is Cc1ncc(C(C)C)c(C(=O)O)c1Cl. The number of aryl methyl sites for hydroxylation is 1. The van der Waals surface area contributed by atoms with Gasteiger partial charge < -0.3 is 5.11 Å². The number of pyridine rings is 1. The van der Waals surface area contributed by atoms with Gasteiger partial charge in [-0.1, -0.05) is 25.4 Å². The van der Waals surface area contributed by atoms with E-state index in [2.05, 4.69) is 4.98 Å². The fourth-order valence-electron chi connectivity index (χ4n) is 1.25. The molecule has 0 spiro atoms. The van der Waals surface area contributed by atoms with Crippen LogP contribution in [0.15, 0.2) is 6.20 Å². The topological polar surface area (TPSA) is 50.2 Å². The van der Waals surface area contributed by atoms with Gasteiger partial charge >= 0.3 is 5.97 Å². The Bertz CT molecular complexity index is 375. The molecule has 0 bridgehead atoms. The van der Waals surface area contributed by atoms with Gasteiger partial charge in [0.2, 0.25) is 0 Å². The van der Waals surface area contributed by atoms with Crippen LogP contribution in [-0.4, -0.2) is 16.1 Å². The molecule has 0 aliphatic rings. The van der Waals surface area contributed by atoms with Crippen molar-refractivity contribution in [3.8, 4) is 0 Å². The number of aromatic carboxylic acids is 1. The van der Waals surface area contributed by atoms with Crippen LogP contribution in [0.4, 0.5) is 0 Å². The van der Waals surface area contributed by atoms with Crippen LogP contribution in [0.25, 0.3) is 0 Å². The average Bonchev–Trinajstić information content (AvgIpc) is 2.08. The van der Waals surface area contributed by atoms with Crippen molar-refractivity contribution in [1.82, 2.24) is 4.98 Å². The molecule has 0 unspecified atom stereocenters. The number of nitrogens with zero attached hydrogens (tertiary/aromatic N) is 1. The molecule has 1 N–H and O–H groups in total. The summed E-state index contributed by atoms with van der Waals surface area (Å²) in [6.45, 7) is 5.52. The molecule has 0 aliphatic heterocycles. The first-order valence-corrected chi connectivity index (χ1v) is 4.71. The van der Waals surface area contributed by atoms with Gasteiger partial charge in [0.05, 0.1) is 16.3 Å². The normalized spacial score (nSPS) is 10.6. The van der Waals surface area contributed by atoms with Crippen LogP contribution >= 0.6 is 11.6 Å². The zero-order valence-electron chi connectivity index (χ0n) is 8.34. The summed E-state index contributed by atoms with van der Waals surface area (Å²) in [5.41, 5.74) is 1.40. The maximum absolute atomic E-state index is 11.0. The molecule has 1 rings (SSSR count). The van der Waals surface area contributed by atoms with E-state index in [0.29, 0.717) is 11.3 Å². The number of carbonyl (C=O) groups is 1. The summed E-state index contributed by atoms with van der Waals surface area (Å²) in [6, 6.07) is 0. The molecule has 76 valence electrons. The quantitative estimate of drug-likeness (QED) is 0.822. The highest BCUT2D eigenvalue weighted by atomic mass is 35.5. The third kappa shape index (κ3) is 1.87. The van der Waals surface area contributed by atoms with E-state index in [1.165, 1.54) is 0 Å². The monoisotopic (exact) mass is 213 g/mol. The fourth-order valence-corrected chi connectivity index (χ4v) is 1.49. The number of hydrogen-bond donors (Lipinski definition) is 1. The molecule has 0 saturated heterocycles. The number of halogens is 1. The van der Waals surface area contributed by atoms with Crippen molar-refractivity contribution in [2.24, 2.45) is 0 Å². The van der Waals surface area contributed by atoms with Gasteiger partial charge in [-0.25, -0.2) is 4.79 Å². The first-order valence-electron chi connectivity index (χ1n) is 4.33. The molecule has 1 aromatic rings. The molecule has 4 heteroatoms. The Morgan fingerprint density at radius 3 is 2.57 bits per heavy atom. The van der Waals surface area contributed by atoms with Crippen molar-refractivity contribution in [1.29, 1.82) is 0 Å². The standard InChI is InChI=1S/C10H12ClNO2/c1-5(2)7-4-12-6(3)9(11)8(7)10(13)14/h4-5H,1-3H3,(H,13,14). The predicted molar refractivity (Wildman–Crippen MR) is 55.0 cm³/mol. The summed E-state index contributed by atoms with van der Waals surface area (Å²) in [6.07, 6.45) is 1.58. The molecule has 1 aromatic heterocycles. The summed E-state index contributed by atoms with van der Waals surface area (Å²) in [5, 5.41) is 9.25. The van der Waals surface area contributed by atoms with Crippen LogP contribution in [0.2, 0.25) is 5.02 Å². The molecule has 1 heterocycles. The molecule has 0 radical (unpaired) electrons. The van der Waals surface area contributed by atoms with Crippen LogP contribution in [0.5, 0.6) is 0 Å². The maximum Gasteiger partial charge on any atom is 0.337 e. The summed E-state index contributed by atoms with van der Waals surface area (Å²) < 4.78 is 0. The lowest BCUT2D eigenvalue weighted by molar-refractivity contribution is 0.0695. The molecule has 0 aromatic carbocycles. The van der Waals surface area contributed by atoms with Gasteiger partial charge in [-0.15, -0.1) is 0 Å². The van der Waals surface area contributed by atoms with Gasteiger partial charge in [0, 0.05) is 6.20 Å². The van der Waals surface area contributed by atoms with Gasteiger partial charge in [-0.2, -0.15) is 0 Å². The molecule has 0 amide bonds. The number of carboxylic acids is 1. The molecule has 0 atom stereocenters. The average molecular weight is 214 g/mol. The largest absolute Gasteiger partial charge is 0.478 e. The van der Waals surface area contributed by atoms with Crippen molar-refractivity contribution in [3.63, 3.8) is 0 Å². The van der Waals surface area contributed by atoms with Crippen molar-refractivity contribution in [2.45, 2.75) is 26.7 Å². The molecule has 0 fully saturated rings. The zero-order chi connectivity index (χ0) is 10.9. The van der Waals surface area contributed by atoms with E-state index in [-0.39, 0.29) is 16.5 Å². The Morgan fingerprint density at radius 2 is 2.14 bits per heavy atom. The van der Waals surface area contributed by atoms with Crippen molar-refractivity contribution < 1.29 is 9.90 Å². The zero-order valence-corrected chi connectivity index (χ0v) is 9.09. The predicted octanol–water partition coefficient (Wildman–Crippen LogP) is 2.87. The highest BCUT2D eigenvalue weighted by Crippen LogP contribution is 2.27. The highest BCUT2D eigenvalue weighted by molar-refractivity contribution is 6.34. The Hall–Kier alpha value is -1.09. The van der Waals surface area contributed by atoms with E-state index >= 15 is 0 Å². The number of rotatable bonds is 2. The van der Waals surface area contributed by atoms with E-state index < -0.39 is 5.97 Å². The first kappa shape index (κ1) is 11.0. The lowest BCUT2D eigenvalue weighted by Crippen LogP contribution is -2.07. The van der Waals surface area contributed by atoms with Crippen LogP contribution < -0.4 is 0 Å². The second kappa shape index (κ2) is 3.96. The van der Waals surface area contributed by atoms with Gasteiger partial charge in [-0.3, -0.25) is 4.98 Å². The second-order valence-electron chi connectivity index (χ2n) is 3.45. The first-order chi connectivity index (χ1) is 6.45. The molecular weight excluding hydrogens is 202 g/mol. The minimum absolute atomic E-state index is 0.103. The minimum Gasteiger partial charge on any atom is -0.478 e. The van der Waals surface area contributed by atoms with Crippen LogP contribution in [-0.2, 0) is 0 Å². The third-order valence-corrected chi connectivity index (χ3v) is 2.52. The summed E-state index contributed by atoms with van der Waals surface area (Å²) >= 11 is 5.89. The lowest BCUT2D eigenvalue weighted by atomic mass is 9.99. The van der Waals surface area contributed by atoms with Crippen LogP contribution in [0.1, 0.15) is 41.4 Å². The summed E-state index contributed by atoms with van der Waals surface area (Å²) in [7, 11) is 0. The molecule has 0 saturated carbocycles. The van der Waals surface area contributed by atoms with E-state index in [1.54, 1.807) is 13.1 Å². The maximum atomic E-state index is 11.0. The second-order valence-corrected chi connectivity index (χ2v) is 3.83. The van der Waals surface area contributed by atoms with Crippen LogP contribution in [0, 0.1) is 6.92 Å². The van der Waals surface area contributed by atoms with Crippen molar-refractivity contribution >= 4 is 17.6 Å². The Balaban J connectivity index is 3.45. The van der Waals surface area contributed by atoms with E-state index in [1.807, 2.05) is 13.8 Å². The summed E-state index contributed by atoms with van der Waals surface area (Å²) in [5.74, 6) is -0.893. The Labute approximate surface area is 87.7 Å². The van der Waals surface area contributed by atoms with E-state index in [0.717, 1.165) is 0 Å². The number of hydrogen-bond acceptors (Lipinski definition) is 2. The number of aromatic nitrogens is 1. The Kier molecular flexibility index (Phi) is 3.11.